The average Bonchev–Trinajstić information content (AvgIpc) is 2.91. The standard InChI is InChI=1S/C17H17FN2S/c18-14-6-2-1-5-13(14)9-12(11-19)10-17-20-15-7-3-4-8-16(15)21-17/h1-8,12H,9-11,19H2. The summed E-state index contributed by atoms with van der Waals surface area (Å²) in [6.45, 7) is 0.532. The Labute approximate surface area is 127 Å². The molecule has 0 fully saturated rings. The van der Waals surface area contributed by atoms with Crippen LogP contribution < -0.4 is 5.73 Å². The summed E-state index contributed by atoms with van der Waals surface area (Å²) in [5.74, 6) is 0.0581. The molecule has 0 radical (unpaired) electrons. The maximum absolute atomic E-state index is 13.7. The molecule has 2 aromatic carbocycles. The number of aromatic nitrogens is 1. The number of halogens is 1. The van der Waals surface area contributed by atoms with E-state index in [1.807, 2.05) is 30.3 Å². The molecule has 0 aliphatic carbocycles. The van der Waals surface area contributed by atoms with Gasteiger partial charge in [0.25, 0.3) is 0 Å². The summed E-state index contributed by atoms with van der Waals surface area (Å²) in [5, 5.41) is 1.07. The Bertz CT molecular complexity index is 705. The van der Waals surface area contributed by atoms with Gasteiger partial charge in [-0.05, 0) is 42.6 Å². The van der Waals surface area contributed by atoms with Crippen LogP contribution in [-0.4, -0.2) is 11.5 Å². The predicted octanol–water partition coefficient (Wildman–Crippen LogP) is 3.80. The number of hydrogen-bond acceptors (Lipinski definition) is 3. The minimum atomic E-state index is -0.153. The van der Waals surface area contributed by atoms with Crippen LogP contribution in [0.1, 0.15) is 10.6 Å². The second-order valence-corrected chi connectivity index (χ2v) is 6.29. The first kappa shape index (κ1) is 14.2. The average molecular weight is 300 g/mol. The summed E-state index contributed by atoms with van der Waals surface area (Å²) in [6, 6.07) is 15.0. The lowest BCUT2D eigenvalue weighted by atomic mass is 9.96. The van der Waals surface area contributed by atoms with Crippen molar-refractivity contribution in [1.29, 1.82) is 0 Å². The van der Waals surface area contributed by atoms with Gasteiger partial charge in [-0.3, -0.25) is 0 Å². The highest BCUT2D eigenvalue weighted by Crippen LogP contribution is 2.24. The zero-order valence-corrected chi connectivity index (χ0v) is 12.4. The monoisotopic (exact) mass is 300 g/mol. The lowest BCUT2D eigenvalue weighted by Gasteiger charge is -2.13. The Morgan fingerprint density at radius 3 is 2.57 bits per heavy atom. The SMILES string of the molecule is NCC(Cc1nc2ccccc2s1)Cc1ccccc1F. The van der Waals surface area contributed by atoms with Crippen LogP contribution in [0.3, 0.4) is 0 Å². The van der Waals surface area contributed by atoms with Crippen LogP contribution in [0.15, 0.2) is 48.5 Å². The molecule has 1 aromatic heterocycles. The molecule has 0 amide bonds. The maximum atomic E-state index is 13.7. The maximum Gasteiger partial charge on any atom is 0.126 e. The van der Waals surface area contributed by atoms with Crippen molar-refractivity contribution in [2.75, 3.05) is 6.54 Å². The number of hydrogen-bond donors (Lipinski definition) is 1. The summed E-state index contributed by atoms with van der Waals surface area (Å²) < 4.78 is 14.9. The number of thiazole rings is 1. The molecule has 1 unspecified atom stereocenters. The molecule has 4 heteroatoms. The highest BCUT2D eigenvalue weighted by atomic mass is 32.1. The lowest BCUT2D eigenvalue weighted by Crippen LogP contribution is -2.19. The van der Waals surface area contributed by atoms with Crippen LogP contribution >= 0.6 is 11.3 Å². The molecule has 2 N–H and O–H groups in total. The van der Waals surface area contributed by atoms with Gasteiger partial charge in [-0.2, -0.15) is 0 Å². The van der Waals surface area contributed by atoms with Crippen molar-refractivity contribution < 1.29 is 4.39 Å². The van der Waals surface area contributed by atoms with Gasteiger partial charge in [0, 0.05) is 6.42 Å². The zero-order valence-electron chi connectivity index (χ0n) is 11.6. The van der Waals surface area contributed by atoms with E-state index < -0.39 is 0 Å². The van der Waals surface area contributed by atoms with Crippen LogP contribution in [0.4, 0.5) is 4.39 Å². The summed E-state index contributed by atoms with van der Waals surface area (Å²) in [7, 11) is 0. The smallest absolute Gasteiger partial charge is 0.126 e. The number of nitrogens with two attached hydrogens (primary N) is 1. The van der Waals surface area contributed by atoms with Crippen LogP contribution in [0.2, 0.25) is 0 Å². The van der Waals surface area contributed by atoms with E-state index in [2.05, 4.69) is 11.1 Å². The summed E-state index contributed by atoms with van der Waals surface area (Å²) in [5.41, 5.74) is 7.62. The van der Waals surface area contributed by atoms with Gasteiger partial charge in [-0.15, -0.1) is 11.3 Å². The molecule has 1 heterocycles. The minimum Gasteiger partial charge on any atom is -0.330 e. The molecule has 0 aliphatic heterocycles. The largest absolute Gasteiger partial charge is 0.330 e. The van der Waals surface area contributed by atoms with Crippen molar-refractivity contribution in [2.24, 2.45) is 11.7 Å². The number of benzene rings is 2. The summed E-state index contributed by atoms with van der Waals surface area (Å²) in [4.78, 5) is 4.63. The zero-order chi connectivity index (χ0) is 14.7. The quantitative estimate of drug-likeness (QED) is 0.778. The van der Waals surface area contributed by atoms with Gasteiger partial charge in [0.05, 0.1) is 15.2 Å². The van der Waals surface area contributed by atoms with E-state index in [1.165, 1.54) is 10.8 Å². The molecule has 3 rings (SSSR count). The Morgan fingerprint density at radius 1 is 1.05 bits per heavy atom. The van der Waals surface area contributed by atoms with Crippen molar-refractivity contribution in [3.05, 3.63) is 64.9 Å². The molecule has 21 heavy (non-hydrogen) atoms. The molecule has 0 saturated carbocycles. The van der Waals surface area contributed by atoms with Crippen molar-refractivity contribution in [2.45, 2.75) is 12.8 Å². The van der Waals surface area contributed by atoms with E-state index >= 15 is 0 Å². The summed E-state index contributed by atoms with van der Waals surface area (Å²) in [6.07, 6.45) is 1.45. The molecule has 0 spiro atoms. The highest BCUT2D eigenvalue weighted by Gasteiger charge is 2.14. The second kappa shape index (κ2) is 6.33. The molecular weight excluding hydrogens is 283 g/mol. The van der Waals surface area contributed by atoms with Crippen molar-refractivity contribution in [1.82, 2.24) is 4.98 Å². The first-order valence-corrected chi connectivity index (χ1v) is 7.86. The third-order valence-corrected chi connectivity index (χ3v) is 4.66. The van der Waals surface area contributed by atoms with Gasteiger partial charge >= 0.3 is 0 Å². The predicted molar refractivity (Wildman–Crippen MR) is 86.0 cm³/mol. The molecule has 0 bridgehead atoms. The normalized spacial score (nSPS) is 12.7. The molecule has 3 aromatic rings. The second-order valence-electron chi connectivity index (χ2n) is 5.18. The molecular formula is C17H17FN2S. The van der Waals surface area contributed by atoms with Gasteiger partial charge < -0.3 is 5.73 Å². The van der Waals surface area contributed by atoms with Crippen molar-refractivity contribution in [3.8, 4) is 0 Å². The number of nitrogens with zero attached hydrogens (tertiary/aromatic N) is 1. The minimum absolute atomic E-state index is 0.153. The van der Waals surface area contributed by atoms with E-state index in [0.29, 0.717) is 13.0 Å². The van der Waals surface area contributed by atoms with Crippen LogP contribution in [-0.2, 0) is 12.8 Å². The molecule has 2 nitrogen and oxygen atoms in total. The first-order chi connectivity index (χ1) is 10.3. The van der Waals surface area contributed by atoms with Gasteiger partial charge in [0.15, 0.2) is 0 Å². The van der Waals surface area contributed by atoms with Crippen molar-refractivity contribution in [3.63, 3.8) is 0 Å². The Kier molecular flexibility index (Phi) is 4.27. The Hall–Kier alpha value is -1.78. The fourth-order valence-electron chi connectivity index (χ4n) is 2.47. The van der Waals surface area contributed by atoms with E-state index in [9.17, 15) is 4.39 Å². The van der Waals surface area contributed by atoms with E-state index in [1.54, 1.807) is 17.4 Å². The molecule has 1 atom stereocenters. The molecule has 0 aliphatic rings. The lowest BCUT2D eigenvalue weighted by molar-refractivity contribution is 0.511. The Balaban J connectivity index is 1.76. The molecule has 0 saturated heterocycles. The van der Waals surface area contributed by atoms with Crippen LogP contribution in [0.5, 0.6) is 0 Å². The number of rotatable bonds is 5. The van der Waals surface area contributed by atoms with Crippen molar-refractivity contribution >= 4 is 21.6 Å². The fourth-order valence-corrected chi connectivity index (χ4v) is 3.55. The molecule has 108 valence electrons. The van der Waals surface area contributed by atoms with Crippen LogP contribution in [0, 0.1) is 11.7 Å². The fraction of sp³-hybridized carbons (Fsp3) is 0.235. The van der Waals surface area contributed by atoms with E-state index in [-0.39, 0.29) is 11.7 Å². The summed E-state index contributed by atoms with van der Waals surface area (Å²) >= 11 is 1.70. The van der Waals surface area contributed by atoms with E-state index in [0.717, 1.165) is 22.5 Å². The van der Waals surface area contributed by atoms with Gasteiger partial charge in [-0.25, -0.2) is 9.37 Å². The first-order valence-electron chi connectivity index (χ1n) is 7.04. The van der Waals surface area contributed by atoms with Gasteiger partial charge in [-0.1, -0.05) is 30.3 Å². The van der Waals surface area contributed by atoms with Crippen LogP contribution in [0.25, 0.3) is 10.2 Å². The van der Waals surface area contributed by atoms with Gasteiger partial charge in [0.1, 0.15) is 5.82 Å². The third kappa shape index (κ3) is 3.28. The Morgan fingerprint density at radius 2 is 1.81 bits per heavy atom. The number of fused-ring (bicyclic) bond motifs is 1. The third-order valence-electron chi connectivity index (χ3n) is 3.60. The topological polar surface area (TPSA) is 38.9 Å². The van der Waals surface area contributed by atoms with E-state index in [4.69, 9.17) is 5.73 Å². The number of para-hydroxylation sites is 1. The van der Waals surface area contributed by atoms with Gasteiger partial charge in [0.2, 0.25) is 0 Å². The highest BCUT2D eigenvalue weighted by molar-refractivity contribution is 7.18.